The van der Waals surface area contributed by atoms with Crippen LogP contribution in [0.4, 0.5) is 0 Å². The molecular formula is C14H17NO4. The molecule has 1 saturated heterocycles. The van der Waals surface area contributed by atoms with Gasteiger partial charge < -0.3 is 14.7 Å². The number of rotatable bonds is 4. The molecule has 1 heterocycles. The Bertz CT molecular complexity index is 446. The van der Waals surface area contributed by atoms with Gasteiger partial charge in [-0.15, -0.1) is 0 Å². The number of carboxylic acid groups (broad SMARTS) is 1. The minimum atomic E-state index is -0.832. The molecule has 1 unspecified atom stereocenters. The molecule has 1 aromatic rings. The van der Waals surface area contributed by atoms with Gasteiger partial charge in [-0.3, -0.25) is 9.59 Å². The molecule has 0 aliphatic carbocycles. The number of carboxylic acids is 1. The fourth-order valence-corrected chi connectivity index (χ4v) is 2.16. The Labute approximate surface area is 111 Å². The number of carbonyl (C=O) groups is 2. The number of nitrogens with zero attached hydrogens (tertiary/aromatic N) is 1. The van der Waals surface area contributed by atoms with Crippen LogP contribution in [0.15, 0.2) is 30.3 Å². The molecule has 1 aliphatic heterocycles. The van der Waals surface area contributed by atoms with Gasteiger partial charge in [0.1, 0.15) is 5.75 Å². The summed E-state index contributed by atoms with van der Waals surface area (Å²) in [6, 6.07) is 9.10. The van der Waals surface area contributed by atoms with Gasteiger partial charge in [0, 0.05) is 13.1 Å². The van der Waals surface area contributed by atoms with E-state index >= 15 is 0 Å². The summed E-state index contributed by atoms with van der Waals surface area (Å²) in [5, 5.41) is 8.98. The Hall–Kier alpha value is -2.04. The Morgan fingerprint density at radius 1 is 1.32 bits per heavy atom. The number of hydrogen-bond acceptors (Lipinski definition) is 3. The largest absolute Gasteiger partial charge is 0.484 e. The van der Waals surface area contributed by atoms with Crippen molar-refractivity contribution in [2.45, 2.75) is 12.8 Å². The van der Waals surface area contributed by atoms with Gasteiger partial charge in [-0.05, 0) is 25.0 Å². The van der Waals surface area contributed by atoms with Crippen molar-refractivity contribution in [1.29, 1.82) is 0 Å². The van der Waals surface area contributed by atoms with Crippen LogP contribution in [-0.4, -0.2) is 41.6 Å². The fraction of sp³-hybridized carbons (Fsp3) is 0.429. The quantitative estimate of drug-likeness (QED) is 0.891. The first-order valence-corrected chi connectivity index (χ1v) is 6.35. The molecule has 5 heteroatoms. The van der Waals surface area contributed by atoms with E-state index in [2.05, 4.69) is 0 Å². The highest BCUT2D eigenvalue weighted by molar-refractivity contribution is 5.79. The number of aliphatic carboxylic acids is 1. The van der Waals surface area contributed by atoms with Gasteiger partial charge in [-0.2, -0.15) is 0 Å². The normalized spacial score (nSPS) is 18.9. The van der Waals surface area contributed by atoms with Crippen LogP contribution in [0.1, 0.15) is 12.8 Å². The lowest BCUT2D eigenvalue weighted by Gasteiger charge is -2.30. The zero-order valence-electron chi connectivity index (χ0n) is 10.6. The number of para-hydroxylation sites is 1. The van der Waals surface area contributed by atoms with Crippen LogP contribution in [-0.2, 0) is 9.59 Å². The summed E-state index contributed by atoms with van der Waals surface area (Å²) in [5.41, 5.74) is 0. The maximum Gasteiger partial charge on any atom is 0.308 e. The molecule has 0 radical (unpaired) electrons. The fourth-order valence-electron chi connectivity index (χ4n) is 2.16. The number of carbonyl (C=O) groups excluding carboxylic acids is 1. The van der Waals surface area contributed by atoms with E-state index < -0.39 is 11.9 Å². The van der Waals surface area contributed by atoms with Crippen LogP contribution in [0.3, 0.4) is 0 Å². The Balaban J connectivity index is 1.84. The lowest BCUT2D eigenvalue weighted by molar-refractivity contribution is -0.146. The predicted molar refractivity (Wildman–Crippen MR) is 68.9 cm³/mol. The molecule has 1 atom stereocenters. The van der Waals surface area contributed by atoms with E-state index in [9.17, 15) is 9.59 Å². The van der Waals surface area contributed by atoms with E-state index in [1.165, 1.54) is 0 Å². The van der Waals surface area contributed by atoms with Crippen LogP contribution in [0.5, 0.6) is 5.75 Å². The topological polar surface area (TPSA) is 66.8 Å². The smallest absolute Gasteiger partial charge is 0.308 e. The molecule has 0 saturated carbocycles. The summed E-state index contributed by atoms with van der Waals surface area (Å²) in [6.45, 7) is 0.851. The molecule has 0 bridgehead atoms. The zero-order chi connectivity index (χ0) is 13.7. The maximum atomic E-state index is 11.9. The molecular weight excluding hydrogens is 246 g/mol. The van der Waals surface area contributed by atoms with Gasteiger partial charge in [0.15, 0.2) is 6.61 Å². The highest BCUT2D eigenvalue weighted by Crippen LogP contribution is 2.17. The molecule has 1 amide bonds. The first kappa shape index (κ1) is 13.4. The third kappa shape index (κ3) is 3.71. The lowest BCUT2D eigenvalue weighted by Crippen LogP contribution is -2.44. The summed E-state index contributed by atoms with van der Waals surface area (Å²) >= 11 is 0. The average Bonchev–Trinajstić information content (AvgIpc) is 2.46. The van der Waals surface area contributed by atoms with Gasteiger partial charge in [-0.1, -0.05) is 18.2 Å². The Kier molecular flexibility index (Phi) is 4.39. The van der Waals surface area contributed by atoms with Gasteiger partial charge in [0.25, 0.3) is 5.91 Å². The number of hydrogen-bond donors (Lipinski definition) is 1. The first-order valence-electron chi connectivity index (χ1n) is 6.35. The third-order valence-electron chi connectivity index (χ3n) is 3.23. The molecule has 1 fully saturated rings. The summed E-state index contributed by atoms with van der Waals surface area (Å²) in [4.78, 5) is 24.5. The van der Waals surface area contributed by atoms with Crippen LogP contribution < -0.4 is 4.74 Å². The van der Waals surface area contributed by atoms with Gasteiger partial charge in [0.2, 0.25) is 0 Å². The third-order valence-corrected chi connectivity index (χ3v) is 3.23. The van der Waals surface area contributed by atoms with Crippen molar-refractivity contribution in [2.75, 3.05) is 19.7 Å². The monoisotopic (exact) mass is 263 g/mol. The number of amides is 1. The van der Waals surface area contributed by atoms with E-state index in [1.807, 2.05) is 18.2 Å². The predicted octanol–water partition coefficient (Wildman–Crippen LogP) is 1.39. The van der Waals surface area contributed by atoms with Crippen LogP contribution in [0.2, 0.25) is 0 Å². The first-order chi connectivity index (χ1) is 9.16. The standard InChI is InChI=1S/C14H17NO4/c16-13(10-19-12-6-2-1-3-7-12)15-8-4-5-11(9-15)14(17)18/h1-3,6-7,11H,4-5,8-10H2,(H,17,18). The summed E-state index contributed by atoms with van der Waals surface area (Å²) in [7, 11) is 0. The van der Waals surface area contributed by atoms with Crippen molar-refractivity contribution in [3.8, 4) is 5.75 Å². The second-order valence-corrected chi connectivity index (χ2v) is 4.62. The van der Waals surface area contributed by atoms with Crippen molar-refractivity contribution in [3.05, 3.63) is 30.3 Å². The highest BCUT2D eigenvalue weighted by Gasteiger charge is 2.28. The van der Waals surface area contributed by atoms with Gasteiger partial charge >= 0.3 is 5.97 Å². The Morgan fingerprint density at radius 3 is 2.74 bits per heavy atom. The summed E-state index contributed by atoms with van der Waals surface area (Å²) in [6.07, 6.45) is 1.37. The number of benzene rings is 1. The van der Waals surface area contributed by atoms with E-state index in [1.54, 1.807) is 17.0 Å². The van der Waals surface area contributed by atoms with Crippen molar-refractivity contribution >= 4 is 11.9 Å². The highest BCUT2D eigenvalue weighted by atomic mass is 16.5. The van der Waals surface area contributed by atoms with Gasteiger partial charge in [0.05, 0.1) is 5.92 Å². The Morgan fingerprint density at radius 2 is 2.05 bits per heavy atom. The zero-order valence-corrected chi connectivity index (χ0v) is 10.6. The summed E-state index contributed by atoms with van der Waals surface area (Å²) in [5.74, 6) is -0.798. The number of likely N-dealkylation sites (tertiary alicyclic amines) is 1. The van der Waals surface area contributed by atoms with E-state index in [0.717, 1.165) is 6.42 Å². The van der Waals surface area contributed by atoms with Crippen LogP contribution in [0.25, 0.3) is 0 Å². The number of ether oxygens (including phenoxy) is 1. The second-order valence-electron chi connectivity index (χ2n) is 4.62. The molecule has 0 aromatic heterocycles. The maximum absolute atomic E-state index is 11.9. The van der Waals surface area contributed by atoms with Crippen LogP contribution >= 0.6 is 0 Å². The molecule has 1 aromatic carbocycles. The van der Waals surface area contributed by atoms with E-state index in [-0.39, 0.29) is 19.1 Å². The molecule has 102 valence electrons. The average molecular weight is 263 g/mol. The molecule has 1 N–H and O–H groups in total. The molecule has 0 spiro atoms. The molecule has 2 rings (SSSR count). The summed E-state index contributed by atoms with van der Waals surface area (Å²) < 4.78 is 5.38. The van der Waals surface area contributed by atoms with Crippen molar-refractivity contribution in [1.82, 2.24) is 4.90 Å². The second kappa shape index (κ2) is 6.22. The van der Waals surface area contributed by atoms with Crippen molar-refractivity contribution in [3.63, 3.8) is 0 Å². The lowest BCUT2D eigenvalue weighted by atomic mass is 9.98. The van der Waals surface area contributed by atoms with Crippen molar-refractivity contribution in [2.24, 2.45) is 5.92 Å². The van der Waals surface area contributed by atoms with E-state index in [4.69, 9.17) is 9.84 Å². The SMILES string of the molecule is O=C(O)C1CCCN(C(=O)COc2ccccc2)C1. The molecule has 19 heavy (non-hydrogen) atoms. The minimum absolute atomic E-state index is 0.0453. The van der Waals surface area contributed by atoms with Crippen LogP contribution in [0, 0.1) is 5.92 Å². The number of piperidine rings is 1. The van der Waals surface area contributed by atoms with Gasteiger partial charge in [-0.25, -0.2) is 0 Å². The molecule has 1 aliphatic rings. The van der Waals surface area contributed by atoms with E-state index in [0.29, 0.717) is 18.7 Å². The van der Waals surface area contributed by atoms with Crippen molar-refractivity contribution < 1.29 is 19.4 Å². The minimum Gasteiger partial charge on any atom is -0.484 e. The molecule has 5 nitrogen and oxygen atoms in total.